The van der Waals surface area contributed by atoms with Crippen molar-refractivity contribution in [2.75, 3.05) is 6.61 Å². The summed E-state index contributed by atoms with van der Waals surface area (Å²) in [6.45, 7) is 3.08. The lowest BCUT2D eigenvalue weighted by Crippen LogP contribution is -2.35. The Balaban J connectivity index is 1.56. The summed E-state index contributed by atoms with van der Waals surface area (Å²) in [5.74, 6) is 1.21. The Bertz CT molecular complexity index is 698. The average molecular weight is 338 g/mol. The highest BCUT2D eigenvalue weighted by molar-refractivity contribution is 5.79. The minimum absolute atomic E-state index is 0.0478. The predicted octanol–water partition coefficient (Wildman–Crippen LogP) is 3.43. The number of ether oxygens (including phenoxy) is 1. The fourth-order valence-electron chi connectivity index (χ4n) is 2.75. The Morgan fingerprint density at radius 3 is 2.56 bits per heavy atom. The lowest BCUT2D eigenvalue weighted by atomic mass is 9.94. The quantitative estimate of drug-likeness (QED) is 0.775. The maximum absolute atomic E-state index is 12.5. The van der Waals surface area contributed by atoms with Gasteiger partial charge in [-0.3, -0.25) is 4.79 Å². The summed E-state index contributed by atoms with van der Waals surface area (Å²) in [7, 11) is 0. The molecule has 0 aromatic heterocycles. The smallest absolute Gasteiger partial charge is 0.225 e. The number of amides is 1. The van der Waals surface area contributed by atoms with Gasteiger partial charge in [0.1, 0.15) is 5.75 Å². The third kappa shape index (κ3) is 4.83. The second-order valence-electron chi connectivity index (χ2n) is 6.81. The Hall–Kier alpha value is -2.33. The highest BCUT2D eigenvalue weighted by Gasteiger charge is 2.23. The molecule has 2 aromatic rings. The van der Waals surface area contributed by atoms with Crippen LogP contribution in [0.1, 0.15) is 36.9 Å². The van der Waals surface area contributed by atoms with E-state index in [0.717, 1.165) is 23.5 Å². The van der Waals surface area contributed by atoms with Gasteiger partial charge >= 0.3 is 0 Å². The summed E-state index contributed by atoms with van der Waals surface area (Å²) in [6, 6.07) is 17.3. The Kier molecular flexibility index (Phi) is 5.71. The van der Waals surface area contributed by atoms with Crippen LogP contribution < -0.4 is 15.8 Å². The summed E-state index contributed by atoms with van der Waals surface area (Å²) in [5, 5.41) is 2.99. The van der Waals surface area contributed by atoms with Crippen LogP contribution in [0.15, 0.2) is 54.6 Å². The lowest BCUT2D eigenvalue weighted by Gasteiger charge is -2.20. The molecule has 1 aliphatic rings. The minimum atomic E-state index is -0.317. The van der Waals surface area contributed by atoms with Crippen LogP contribution >= 0.6 is 0 Å². The number of carbonyl (C=O) groups is 1. The van der Waals surface area contributed by atoms with Crippen LogP contribution in [0.4, 0.5) is 0 Å². The monoisotopic (exact) mass is 338 g/mol. The standard InChI is InChI=1S/C21H26N2O2/c1-15(20(22)17-7-3-2-4-8-17)21(24)23-13-18-9-5-6-10-19(18)25-14-16-11-12-16/h2-10,15-16,20H,11-14,22H2,1H3,(H,23,24). The van der Waals surface area contributed by atoms with E-state index in [0.29, 0.717) is 12.5 Å². The number of benzene rings is 2. The number of nitrogens with one attached hydrogen (secondary N) is 1. The average Bonchev–Trinajstić information content (AvgIpc) is 3.49. The zero-order valence-corrected chi connectivity index (χ0v) is 14.7. The van der Waals surface area contributed by atoms with Crippen molar-refractivity contribution in [1.29, 1.82) is 0 Å². The van der Waals surface area contributed by atoms with Gasteiger partial charge < -0.3 is 15.8 Å². The van der Waals surface area contributed by atoms with Gasteiger partial charge in [-0.2, -0.15) is 0 Å². The maximum Gasteiger partial charge on any atom is 0.225 e. The molecule has 1 saturated carbocycles. The topological polar surface area (TPSA) is 64.3 Å². The van der Waals surface area contributed by atoms with Crippen LogP contribution in [0, 0.1) is 11.8 Å². The highest BCUT2D eigenvalue weighted by Crippen LogP contribution is 2.30. The van der Waals surface area contributed by atoms with Gasteiger partial charge in [0.15, 0.2) is 0 Å². The number of carbonyl (C=O) groups excluding carboxylic acids is 1. The summed E-state index contributed by atoms with van der Waals surface area (Å²) in [5.41, 5.74) is 8.21. The zero-order chi connectivity index (χ0) is 17.6. The molecule has 132 valence electrons. The first kappa shape index (κ1) is 17.5. The van der Waals surface area contributed by atoms with Crippen molar-refractivity contribution in [2.45, 2.75) is 32.4 Å². The maximum atomic E-state index is 12.5. The van der Waals surface area contributed by atoms with Crippen LogP contribution in [0.5, 0.6) is 5.75 Å². The van der Waals surface area contributed by atoms with E-state index in [1.165, 1.54) is 12.8 Å². The van der Waals surface area contributed by atoms with Crippen molar-refractivity contribution in [3.63, 3.8) is 0 Å². The molecule has 3 rings (SSSR count). The van der Waals surface area contributed by atoms with Crippen molar-refractivity contribution in [1.82, 2.24) is 5.32 Å². The molecule has 4 nitrogen and oxygen atoms in total. The second kappa shape index (κ2) is 8.17. The van der Waals surface area contributed by atoms with Gasteiger partial charge in [0.25, 0.3) is 0 Å². The number of rotatable bonds is 8. The number of hydrogen-bond donors (Lipinski definition) is 2. The van der Waals surface area contributed by atoms with Gasteiger partial charge in [-0.15, -0.1) is 0 Å². The second-order valence-corrected chi connectivity index (χ2v) is 6.81. The Morgan fingerprint density at radius 1 is 1.16 bits per heavy atom. The van der Waals surface area contributed by atoms with E-state index in [9.17, 15) is 4.79 Å². The van der Waals surface area contributed by atoms with Gasteiger partial charge in [-0.05, 0) is 30.4 Å². The first-order valence-corrected chi connectivity index (χ1v) is 8.94. The molecular formula is C21H26N2O2. The zero-order valence-electron chi connectivity index (χ0n) is 14.7. The third-order valence-electron chi connectivity index (χ3n) is 4.73. The van der Waals surface area contributed by atoms with Crippen molar-refractivity contribution in [3.8, 4) is 5.75 Å². The molecule has 0 aliphatic heterocycles. The molecule has 0 bridgehead atoms. The van der Waals surface area contributed by atoms with Crippen molar-refractivity contribution >= 4 is 5.91 Å². The molecular weight excluding hydrogens is 312 g/mol. The molecule has 0 radical (unpaired) electrons. The van der Waals surface area contributed by atoms with E-state index in [4.69, 9.17) is 10.5 Å². The van der Waals surface area contributed by atoms with E-state index in [2.05, 4.69) is 5.32 Å². The Labute approximate surface area is 149 Å². The summed E-state index contributed by atoms with van der Waals surface area (Å²) >= 11 is 0. The van der Waals surface area contributed by atoms with Crippen LogP contribution in [0.3, 0.4) is 0 Å². The summed E-state index contributed by atoms with van der Waals surface area (Å²) in [4.78, 5) is 12.5. The van der Waals surface area contributed by atoms with Crippen molar-refractivity contribution in [3.05, 3.63) is 65.7 Å². The lowest BCUT2D eigenvalue weighted by molar-refractivity contribution is -0.125. The van der Waals surface area contributed by atoms with Crippen LogP contribution in [0.2, 0.25) is 0 Å². The first-order chi connectivity index (χ1) is 12.1. The first-order valence-electron chi connectivity index (χ1n) is 8.94. The molecule has 0 spiro atoms. The molecule has 1 fully saturated rings. The SMILES string of the molecule is CC(C(=O)NCc1ccccc1OCC1CC1)C(N)c1ccccc1. The minimum Gasteiger partial charge on any atom is -0.493 e. The van der Waals surface area contributed by atoms with Gasteiger partial charge in [0.05, 0.1) is 12.5 Å². The molecule has 0 heterocycles. The molecule has 2 atom stereocenters. The molecule has 0 saturated heterocycles. The summed E-state index contributed by atoms with van der Waals surface area (Å²) in [6.07, 6.45) is 2.52. The van der Waals surface area contributed by atoms with Crippen molar-refractivity contribution < 1.29 is 9.53 Å². The largest absolute Gasteiger partial charge is 0.493 e. The number of hydrogen-bond acceptors (Lipinski definition) is 3. The van der Waals surface area contributed by atoms with Gasteiger partial charge in [-0.1, -0.05) is 55.5 Å². The number of nitrogens with two attached hydrogens (primary N) is 1. The fourth-order valence-corrected chi connectivity index (χ4v) is 2.75. The van der Waals surface area contributed by atoms with Crippen LogP contribution in [-0.4, -0.2) is 12.5 Å². The predicted molar refractivity (Wildman–Crippen MR) is 99.0 cm³/mol. The molecule has 3 N–H and O–H groups in total. The fraction of sp³-hybridized carbons (Fsp3) is 0.381. The van der Waals surface area contributed by atoms with Crippen molar-refractivity contribution in [2.24, 2.45) is 17.6 Å². The van der Waals surface area contributed by atoms with E-state index in [1.54, 1.807) is 0 Å². The van der Waals surface area contributed by atoms with Gasteiger partial charge in [0.2, 0.25) is 5.91 Å². The van der Waals surface area contributed by atoms with Gasteiger partial charge in [-0.25, -0.2) is 0 Å². The molecule has 1 amide bonds. The molecule has 4 heteroatoms. The molecule has 25 heavy (non-hydrogen) atoms. The van der Waals surface area contributed by atoms with E-state index >= 15 is 0 Å². The highest BCUT2D eigenvalue weighted by atomic mass is 16.5. The molecule has 2 unspecified atom stereocenters. The summed E-state index contributed by atoms with van der Waals surface area (Å²) < 4.78 is 5.89. The van der Waals surface area contributed by atoms with E-state index in [-0.39, 0.29) is 17.9 Å². The molecule has 2 aromatic carbocycles. The van der Waals surface area contributed by atoms with E-state index < -0.39 is 0 Å². The Morgan fingerprint density at radius 2 is 1.84 bits per heavy atom. The van der Waals surface area contributed by atoms with Crippen LogP contribution in [-0.2, 0) is 11.3 Å². The molecule has 1 aliphatic carbocycles. The van der Waals surface area contributed by atoms with E-state index in [1.807, 2.05) is 61.5 Å². The van der Waals surface area contributed by atoms with Crippen LogP contribution in [0.25, 0.3) is 0 Å². The number of para-hydroxylation sites is 1. The normalized spacial score (nSPS) is 16.1. The third-order valence-corrected chi connectivity index (χ3v) is 4.73. The van der Waals surface area contributed by atoms with Gasteiger partial charge in [0, 0.05) is 18.2 Å².